The van der Waals surface area contributed by atoms with Crippen molar-refractivity contribution in [3.63, 3.8) is 0 Å². The second-order valence-electron chi connectivity index (χ2n) is 8.81. The van der Waals surface area contributed by atoms with Crippen LogP contribution in [0.1, 0.15) is 71.1 Å². The van der Waals surface area contributed by atoms with Crippen LogP contribution in [0.2, 0.25) is 0 Å². The lowest BCUT2D eigenvalue weighted by atomic mass is 9.50. The molecule has 22 heavy (non-hydrogen) atoms. The van der Waals surface area contributed by atoms with Gasteiger partial charge in [-0.25, -0.2) is 0 Å². The van der Waals surface area contributed by atoms with Gasteiger partial charge in [0, 0.05) is 0 Å². The van der Waals surface area contributed by atoms with Crippen LogP contribution in [0, 0.1) is 29.1 Å². The molecule has 3 saturated carbocycles. The van der Waals surface area contributed by atoms with Gasteiger partial charge in [0.05, 0.1) is 5.60 Å². The minimum Gasteiger partial charge on any atom is -0.389 e. The van der Waals surface area contributed by atoms with Crippen LogP contribution in [0.25, 0.3) is 0 Å². The summed E-state index contributed by atoms with van der Waals surface area (Å²) in [6, 6.07) is 0. The third-order valence-corrected chi connectivity index (χ3v) is 8.18. The lowest BCUT2D eigenvalue weighted by molar-refractivity contribution is -0.115. The summed E-state index contributed by atoms with van der Waals surface area (Å²) in [5, 5.41) is 11.3. The Hall–Kier alpha value is -0.560. The summed E-state index contributed by atoms with van der Waals surface area (Å²) in [5.41, 5.74) is 1.46. The zero-order chi connectivity index (χ0) is 15.4. The molecule has 1 nitrogen and oxygen atoms in total. The quantitative estimate of drug-likeness (QED) is 0.690. The first-order chi connectivity index (χ1) is 10.6. The molecule has 0 saturated heterocycles. The van der Waals surface area contributed by atoms with E-state index in [-0.39, 0.29) is 5.41 Å². The molecular formula is C21H32O. The van der Waals surface area contributed by atoms with Crippen LogP contribution in [0.4, 0.5) is 0 Å². The van der Waals surface area contributed by atoms with Crippen molar-refractivity contribution in [1.29, 1.82) is 0 Å². The molecule has 0 aromatic heterocycles. The zero-order valence-electron chi connectivity index (χ0n) is 14.2. The standard InChI is InChI=1S/C21H32O/c1-3-12-21(22)14-11-19-18-9-8-15-6-4-5-7-16(15)17(18)10-13-20(19,21)2/h3,6,16-19,22H,1,4-5,7-14H2,2H3/t16-,17+,18+,19+,20+,21-/m0/s1. The van der Waals surface area contributed by atoms with Crippen LogP contribution in [-0.2, 0) is 0 Å². The highest BCUT2D eigenvalue weighted by molar-refractivity contribution is 5.20. The minimum absolute atomic E-state index is 0.137. The first-order valence-corrected chi connectivity index (χ1v) is 9.61. The van der Waals surface area contributed by atoms with Crippen molar-refractivity contribution in [2.24, 2.45) is 29.1 Å². The van der Waals surface area contributed by atoms with Crippen LogP contribution in [0.5, 0.6) is 0 Å². The fourth-order valence-electron chi connectivity index (χ4n) is 6.99. The van der Waals surface area contributed by atoms with E-state index in [1.165, 1.54) is 51.4 Å². The Morgan fingerprint density at radius 2 is 2.09 bits per heavy atom. The second-order valence-corrected chi connectivity index (χ2v) is 8.81. The van der Waals surface area contributed by atoms with E-state index >= 15 is 0 Å². The van der Waals surface area contributed by atoms with E-state index in [4.69, 9.17) is 0 Å². The highest BCUT2D eigenvalue weighted by atomic mass is 16.3. The number of fused-ring (bicyclic) bond motifs is 5. The van der Waals surface area contributed by atoms with E-state index in [1.54, 1.807) is 5.57 Å². The number of hydrogen-bond donors (Lipinski definition) is 1. The molecule has 0 amide bonds. The molecule has 1 N–H and O–H groups in total. The highest BCUT2D eigenvalue weighted by Crippen LogP contribution is 2.65. The lowest BCUT2D eigenvalue weighted by Crippen LogP contribution is -2.52. The first kappa shape index (κ1) is 15.0. The monoisotopic (exact) mass is 300 g/mol. The van der Waals surface area contributed by atoms with Gasteiger partial charge >= 0.3 is 0 Å². The van der Waals surface area contributed by atoms with Crippen molar-refractivity contribution in [2.45, 2.75) is 76.7 Å². The van der Waals surface area contributed by atoms with Gasteiger partial charge < -0.3 is 5.11 Å². The topological polar surface area (TPSA) is 20.2 Å². The molecule has 0 aromatic rings. The summed E-state index contributed by atoms with van der Waals surface area (Å²) in [7, 11) is 0. The van der Waals surface area contributed by atoms with E-state index in [0.717, 1.165) is 36.5 Å². The van der Waals surface area contributed by atoms with E-state index < -0.39 is 5.60 Å². The Bertz CT molecular complexity index is 492. The molecule has 0 aromatic carbocycles. The van der Waals surface area contributed by atoms with E-state index in [2.05, 4.69) is 19.6 Å². The van der Waals surface area contributed by atoms with Crippen molar-refractivity contribution in [1.82, 2.24) is 0 Å². The summed E-state index contributed by atoms with van der Waals surface area (Å²) in [6.07, 6.45) is 17.0. The Kier molecular flexibility index (Phi) is 3.56. The summed E-state index contributed by atoms with van der Waals surface area (Å²) < 4.78 is 0. The predicted octanol–water partition coefficient (Wildman–Crippen LogP) is 5.26. The molecule has 0 bridgehead atoms. The molecule has 6 atom stereocenters. The molecule has 4 rings (SSSR count). The third kappa shape index (κ3) is 1.94. The normalized spacial score (nSPS) is 50.5. The smallest absolute Gasteiger partial charge is 0.0738 e. The Morgan fingerprint density at radius 1 is 1.23 bits per heavy atom. The van der Waals surface area contributed by atoms with E-state index in [9.17, 15) is 5.11 Å². The molecule has 0 heterocycles. The number of hydrogen-bond acceptors (Lipinski definition) is 1. The van der Waals surface area contributed by atoms with Crippen LogP contribution in [0.15, 0.2) is 24.3 Å². The summed E-state index contributed by atoms with van der Waals surface area (Å²) in [6.45, 7) is 6.31. The second kappa shape index (κ2) is 5.23. The van der Waals surface area contributed by atoms with Crippen LogP contribution in [0.3, 0.4) is 0 Å². The van der Waals surface area contributed by atoms with Crippen molar-refractivity contribution < 1.29 is 5.11 Å². The molecule has 3 fully saturated rings. The van der Waals surface area contributed by atoms with Gasteiger partial charge in [-0.3, -0.25) is 0 Å². The molecular weight excluding hydrogens is 268 g/mol. The summed E-state index contributed by atoms with van der Waals surface area (Å²) in [5.74, 6) is 3.44. The molecule has 122 valence electrons. The third-order valence-electron chi connectivity index (χ3n) is 8.18. The summed E-state index contributed by atoms with van der Waals surface area (Å²) >= 11 is 0. The van der Waals surface area contributed by atoms with Gasteiger partial charge in [-0.05, 0) is 93.3 Å². The van der Waals surface area contributed by atoms with Gasteiger partial charge in [-0.15, -0.1) is 6.58 Å². The van der Waals surface area contributed by atoms with Gasteiger partial charge in [-0.2, -0.15) is 0 Å². The van der Waals surface area contributed by atoms with Crippen molar-refractivity contribution in [2.75, 3.05) is 0 Å². The number of aliphatic hydroxyl groups is 1. The van der Waals surface area contributed by atoms with Gasteiger partial charge in [0.2, 0.25) is 0 Å². The Labute approximate surface area is 135 Å². The van der Waals surface area contributed by atoms with Crippen molar-refractivity contribution >= 4 is 0 Å². The maximum atomic E-state index is 11.3. The fourth-order valence-corrected chi connectivity index (χ4v) is 6.99. The van der Waals surface area contributed by atoms with Gasteiger partial charge in [-0.1, -0.05) is 24.6 Å². The van der Waals surface area contributed by atoms with Gasteiger partial charge in [0.1, 0.15) is 0 Å². The molecule has 0 aliphatic heterocycles. The molecule has 0 radical (unpaired) electrons. The van der Waals surface area contributed by atoms with Crippen LogP contribution >= 0.6 is 0 Å². The number of allylic oxidation sites excluding steroid dienone is 2. The minimum atomic E-state index is -0.479. The molecule has 0 unspecified atom stereocenters. The lowest BCUT2D eigenvalue weighted by Gasteiger charge is -2.55. The molecule has 1 heteroatoms. The SMILES string of the molecule is C=CC[C@]1(O)CC[C@@H]2[C@@H]3CCC4=CCCC[C@@H]4[C@H]3CC[C@]21C. The number of rotatable bonds is 2. The van der Waals surface area contributed by atoms with Crippen molar-refractivity contribution in [3.8, 4) is 0 Å². The van der Waals surface area contributed by atoms with Crippen LogP contribution < -0.4 is 0 Å². The highest BCUT2D eigenvalue weighted by Gasteiger charge is 2.61. The van der Waals surface area contributed by atoms with Crippen molar-refractivity contribution in [3.05, 3.63) is 24.3 Å². The average molecular weight is 300 g/mol. The van der Waals surface area contributed by atoms with E-state index in [1.807, 2.05) is 6.08 Å². The zero-order valence-corrected chi connectivity index (χ0v) is 14.2. The van der Waals surface area contributed by atoms with Crippen LogP contribution in [-0.4, -0.2) is 10.7 Å². The average Bonchev–Trinajstić information content (AvgIpc) is 2.79. The Balaban J connectivity index is 1.62. The predicted molar refractivity (Wildman–Crippen MR) is 91.5 cm³/mol. The maximum absolute atomic E-state index is 11.3. The Morgan fingerprint density at radius 3 is 2.91 bits per heavy atom. The van der Waals surface area contributed by atoms with Gasteiger partial charge in [0.25, 0.3) is 0 Å². The first-order valence-electron chi connectivity index (χ1n) is 9.61. The maximum Gasteiger partial charge on any atom is 0.0738 e. The van der Waals surface area contributed by atoms with Gasteiger partial charge in [0.15, 0.2) is 0 Å². The molecule has 0 spiro atoms. The summed E-state index contributed by atoms with van der Waals surface area (Å²) in [4.78, 5) is 0. The fraction of sp³-hybridized carbons (Fsp3) is 0.810. The largest absolute Gasteiger partial charge is 0.389 e. The molecule has 4 aliphatic rings. The van der Waals surface area contributed by atoms with E-state index in [0.29, 0.717) is 0 Å². The molecule has 4 aliphatic carbocycles.